The fraction of sp³-hybridized carbons (Fsp3) is 0.538. The third kappa shape index (κ3) is 6.43. The smallest absolute Gasteiger partial charge is 0.119 e. The molecule has 0 fully saturated rings. The maximum absolute atomic E-state index is 5.56. The molecule has 0 bridgehead atoms. The zero-order chi connectivity index (χ0) is 11.6. The van der Waals surface area contributed by atoms with E-state index in [2.05, 4.69) is 24.3 Å². The highest BCUT2D eigenvalue weighted by molar-refractivity contribution is 5.20. The van der Waals surface area contributed by atoms with Crippen molar-refractivity contribution in [2.45, 2.75) is 6.42 Å². The lowest BCUT2D eigenvalue weighted by atomic mass is 10.3. The highest BCUT2D eigenvalue weighted by Crippen LogP contribution is 2.07. The van der Waals surface area contributed by atoms with Crippen LogP contribution < -0.4 is 10.1 Å². The van der Waals surface area contributed by atoms with Crippen LogP contribution in [-0.2, 0) is 0 Å². The number of para-hydroxylation sites is 1. The lowest BCUT2D eigenvalue weighted by Gasteiger charge is -2.10. The molecule has 16 heavy (non-hydrogen) atoms. The number of rotatable bonds is 8. The summed E-state index contributed by atoms with van der Waals surface area (Å²) in [5.41, 5.74) is 0. The number of hydrogen-bond donors (Lipinski definition) is 1. The van der Waals surface area contributed by atoms with Gasteiger partial charge in [-0.3, -0.25) is 0 Å². The first kappa shape index (κ1) is 13.0. The molecule has 1 aromatic carbocycles. The van der Waals surface area contributed by atoms with E-state index in [1.54, 1.807) is 0 Å². The summed E-state index contributed by atoms with van der Waals surface area (Å²) < 4.78 is 5.56. The highest BCUT2D eigenvalue weighted by Gasteiger charge is 1.92. The van der Waals surface area contributed by atoms with Crippen molar-refractivity contribution in [2.24, 2.45) is 0 Å². The number of hydrogen-bond acceptors (Lipinski definition) is 3. The average molecular weight is 222 g/mol. The second-order valence-corrected chi connectivity index (χ2v) is 4.07. The third-order valence-corrected chi connectivity index (χ3v) is 2.25. The minimum absolute atomic E-state index is 0.728. The van der Waals surface area contributed by atoms with E-state index in [1.807, 2.05) is 30.3 Å². The second kappa shape index (κ2) is 8.13. The van der Waals surface area contributed by atoms with E-state index in [0.29, 0.717) is 0 Å². The quantitative estimate of drug-likeness (QED) is 0.676. The summed E-state index contributed by atoms with van der Waals surface area (Å²) in [6.45, 7) is 3.82. The Bertz CT molecular complexity index is 262. The number of nitrogens with zero attached hydrogens (tertiary/aromatic N) is 1. The molecule has 0 saturated carbocycles. The van der Waals surface area contributed by atoms with Gasteiger partial charge in [0.15, 0.2) is 0 Å². The van der Waals surface area contributed by atoms with Crippen molar-refractivity contribution in [3.63, 3.8) is 0 Å². The predicted molar refractivity (Wildman–Crippen MR) is 68.0 cm³/mol. The summed E-state index contributed by atoms with van der Waals surface area (Å²) in [6, 6.07) is 9.92. The molecule has 1 N–H and O–H groups in total. The van der Waals surface area contributed by atoms with Crippen LogP contribution in [0.4, 0.5) is 0 Å². The topological polar surface area (TPSA) is 24.5 Å². The molecule has 0 aromatic heterocycles. The van der Waals surface area contributed by atoms with Crippen molar-refractivity contribution in [2.75, 3.05) is 40.3 Å². The molecule has 0 amide bonds. The second-order valence-electron chi connectivity index (χ2n) is 4.07. The Morgan fingerprint density at radius 1 is 1.12 bits per heavy atom. The lowest BCUT2D eigenvalue weighted by Crippen LogP contribution is -2.25. The molecule has 1 aromatic rings. The van der Waals surface area contributed by atoms with Crippen LogP contribution in [-0.4, -0.2) is 45.2 Å². The van der Waals surface area contributed by atoms with Crippen molar-refractivity contribution in [1.82, 2.24) is 10.2 Å². The molecule has 1 rings (SSSR count). The zero-order valence-electron chi connectivity index (χ0n) is 10.3. The van der Waals surface area contributed by atoms with Gasteiger partial charge in [0.25, 0.3) is 0 Å². The largest absolute Gasteiger partial charge is 0.492 e. The van der Waals surface area contributed by atoms with Crippen molar-refractivity contribution < 1.29 is 4.74 Å². The van der Waals surface area contributed by atoms with Crippen LogP contribution in [0.3, 0.4) is 0 Å². The Hall–Kier alpha value is -1.06. The molecule has 3 nitrogen and oxygen atoms in total. The summed E-state index contributed by atoms with van der Waals surface area (Å²) >= 11 is 0. The van der Waals surface area contributed by atoms with E-state index >= 15 is 0 Å². The fourth-order valence-electron chi connectivity index (χ4n) is 1.40. The molecular formula is C13H22N2O. The first-order valence-electron chi connectivity index (χ1n) is 5.82. The Kier molecular flexibility index (Phi) is 6.61. The van der Waals surface area contributed by atoms with Crippen LogP contribution >= 0.6 is 0 Å². The molecule has 0 spiro atoms. The standard InChI is InChI=1S/C13H22N2O/c1-15(2)11-6-9-14-10-12-16-13-7-4-3-5-8-13/h3-5,7-8,14H,6,9-12H2,1-2H3. The number of benzene rings is 1. The van der Waals surface area contributed by atoms with E-state index < -0.39 is 0 Å². The van der Waals surface area contributed by atoms with Gasteiger partial charge in [0.2, 0.25) is 0 Å². The van der Waals surface area contributed by atoms with Gasteiger partial charge in [-0.25, -0.2) is 0 Å². The van der Waals surface area contributed by atoms with Crippen LogP contribution in [0.2, 0.25) is 0 Å². The van der Waals surface area contributed by atoms with Crippen molar-refractivity contribution in [1.29, 1.82) is 0 Å². The monoisotopic (exact) mass is 222 g/mol. The molecule has 0 aliphatic heterocycles. The molecule has 0 aliphatic carbocycles. The molecule has 0 atom stereocenters. The van der Waals surface area contributed by atoms with E-state index in [0.717, 1.165) is 32.0 Å². The summed E-state index contributed by atoms with van der Waals surface area (Å²) in [5, 5.41) is 3.36. The van der Waals surface area contributed by atoms with Crippen LogP contribution in [0.5, 0.6) is 5.75 Å². The molecule has 3 heteroatoms. The molecule has 0 saturated heterocycles. The van der Waals surface area contributed by atoms with Gasteiger partial charge in [-0.1, -0.05) is 18.2 Å². The van der Waals surface area contributed by atoms with E-state index in [1.165, 1.54) is 6.42 Å². The summed E-state index contributed by atoms with van der Waals surface area (Å²) in [4.78, 5) is 2.20. The highest BCUT2D eigenvalue weighted by atomic mass is 16.5. The van der Waals surface area contributed by atoms with Gasteiger partial charge >= 0.3 is 0 Å². The first-order chi connectivity index (χ1) is 7.79. The van der Waals surface area contributed by atoms with E-state index in [9.17, 15) is 0 Å². The van der Waals surface area contributed by atoms with Gasteiger partial charge in [-0.05, 0) is 45.7 Å². The van der Waals surface area contributed by atoms with Gasteiger partial charge in [-0.15, -0.1) is 0 Å². The Labute approximate surface area is 98.4 Å². The average Bonchev–Trinajstić information content (AvgIpc) is 2.29. The van der Waals surface area contributed by atoms with Gasteiger partial charge in [-0.2, -0.15) is 0 Å². The molecule has 90 valence electrons. The molecule has 0 radical (unpaired) electrons. The van der Waals surface area contributed by atoms with Crippen molar-refractivity contribution in [3.8, 4) is 5.75 Å². The molecule has 0 unspecified atom stereocenters. The van der Waals surface area contributed by atoms with Crippen molar-refractivity contribution in [3.05, 3.63) is 30.3 Å². The predicted octanol–water partition coefficient (Wildman–Crippen LogP) is 1.61. The van der Waals surface area contributed by atoms with Crippen LogP contribution in [0.25, 0.3) is 0 Å². The SMILES string of the molecule is CN(C)CCCNCCOc1ccccc1. The van der Waals surface area contributed by atoms with E-state index in [4.69, 9.17) is 4.74 Å². The number of ether oxygens (including phenoxy) is 1. The maximum Gasteiger partial charge on any atom is 0.119 e. The first-order valence-corrected chi connectivity index (χ1v) is 5.82. The summed E-state index contributed by atoms with van der Waals surface area (Å²) in [7, 11) is 4.19. The van der Waals surface area contributed by atoms with Gasteiger partial charge in [0.1, 0.15) is 12.4 Å². The van der Waals surface area contributed by atoms with Gasteiger partial charge in [0, 0.05) is 6.54 Å². The Morgan fingerprint density at radius 2 is 1.88 bits per heavy atom. The summed E-state index contributed by atoms with van der Waals surface area (Å²) in [6.07, 6.45) is 1.18. The fourth-order valence-corrected chi connectivity index (χ4v) is 1.40. The van der Waals surface area contributed by atoms with Gasteiger partial charge in [0.05, 0.1) is 0 Å². The van der Waals surface area contributed by atoms with Crippen molar-refractivity contribution >= 4 is 0 Å². The maximum atomic E-state index is 5.56. The van der Waals surface area contributed by atoms with Crippen LogP contribution in [0.1, 0.15) is 6.42 Å². The Morgan fingerprint density at radius 3 is 2.56 bits per heavy atom. The number of nitrogens with one attached hydrogen (secondary N) is 1. The Balaban J connectivity index is 1.93. The molecule has 0 aliphatic rings. The lowest BCUT2D eigenvalue weighted by molar-refractivity contribution is 0.311. The third-order valence-electron chi connectivity index (χ3n) is 2.25. The van der Waals surface area contributed by atoms with Crippen LogP contribution in [0.15, 0.2) is 30.3 Å². The van der Waals surface area contributed by atoms with Crippen LogP contribution in [0, 0.1) is 0 Å². The summed E-state index contributed by atoms with van der Waals surface area (Å²) in [5.74, 6) is 0.942. The normalized spacial score (nSPS) is 10.7. The zero-order valence-corrected chi connectivity index (χ0v) is 10.3. The molecule has 0 heterocycles. The van der Waals surface area contributed by atoms with Gasteiger partial charge < -0.3 is 15.0 Å². The van der Waals surface area contributed by atoms with E-state index in [-0.39, 0.29) is 0 Å². The minimum Gasteiger partial charge on any atom is -0.492 e. The minimum atomic E-state index is 0.728. The molecular weight excluding hydrogens is 200 g/mol.